The highest BCUT2D eigenvalue weighted by molar-refractivity contribution is 8.00. The molecule has 1 aliphatic rings. The predicted molar refractivity (Wildman–Crippen MR) is 90.1 cm³/mol. The number of rotatable bonds is 5. The fraction of sp³-hybridized carbons (Fsp3) is 0.667. The van der Waals surface area contributed by atoms with Gasteiger partial charge in [0, 0.05) is 12.3 Å². The van der Waals surface area contributed by atoms with Crippen molar-refractivity contribution in [2.24, 2.45) is 5.41 Å². The molecule has 1 saturated heterocycles. The van der Waals surface area contributed by atoms with Crippen molar-refractivity contribution in [3.8, 4) is 0 Å². The maximum absolute atomic E-state index is 11.8. The van der Waals surface area contributed by atoms with Gasteiger partial charge >= 0.3 is 11.7 Å². The van der Waals surface area contributed by atoms with Gasteiger partial charge in [0.2, 0.25) is 0 Å². The molecular formula is C15H22N2O7S. The van der Waals surface area contributed by atoms with E-state index in [0.29, 0.717) is 0 Å². The molecule has 1 fully saturated rings. The van der Waals surface area contributed by atoms with E-state index in [0.717, 1.165) is 22.4 Å². The van der Waals surface area contributed by atoms with E-state index in [1.807, 2.05) is 0 Å². The zero-order valence-electron chi connectivity index (χ0n) is 14.2. The highest BCUT2D eigenvalue weighted by Crippen LogP contribution is 2.41. The SMILES string of the molecule is CC(C)(C)C(=O)OCOC[C@H]1S[C@@H](n2ccc(=O)[nH]c2=O)C(O)C1O. The van der Waals surface area contributed by atoms with Gasteiger partial charge in [-0.3, -0.25) is 19.1 Å². The number of ether oxygens (including phenoxy) is 2. The molecule has 0 amide bonds. The first kappa shape index (κ1) is 19.7. The van der Waals surface area contributed by atoms with Gasteiger partial charge in [0.05, 0.1) is 23.4 Å². The number of aliphatic hydroxyl groups excluding tert-OH is 2. The van der Waals surface area contributed by atoms with Crippen molar-refractivity contribution in [1.82, 2.24) is 9.55 Å². The lowest BCUT2D eigenvalue weighted by atomic mass is 9.98. The van der Waals surface area contributed by atoms with Gasteiger partial charge in [-0.15, -0.1) is 11.8 Å². The minimum atomic E-state index is -1.21. The van der Waals surface area contributed by atoms with Crippen LogP contribution in [0, 0.1) is 5.41 Å². The minimum absolute atomic E-state index is 0.0227. The summed E-state index contributed by atoms with van der Waals surface area (Å²) in [5.41, 5.74) is -1.85. The third-order valence-corrected chi connectivity index (χ3v) is 5.18. The van der Waals surface area contributed by atoms with Gasteiger partial charge in [-0.05, 0) is 20.8 Å². The molecule has 4 atom stereocenters. The number of aromatic nitrogens is 2. The van der Waals surface area contributed by atoms with Crippen molar-refractivity contribution in [3.05, 3.63) is 33.1 Å². The average molecular weight is 374 g/mol. The van der Waals surface area contributed by atoms with Crippen LogP contribution >= 0.6 is 11.8 Å². The van der Waals surface area contributed by atoms with Gasteiger partial charge < -0.3 is 19.7 Å². The topological polar surface area (TPSA) is 131 Å². The molecule has 0 bridgehead atoms. The number of hydrogen-bond acceptors (Lipinski definition) is 8. The van der Waals surface area contributed by atoms with Gasteiger partial charge in [0.1, 0.15) is 11.5 Å². The van der Waals surface area contributed by atoms with Crippen LogP contribution in [0.5, 0.6) is 0 Å². The van der Waals surface area contributed by atoms with Gasteiger partial charge in [0.15, 0.2) is 6.79 Å². The molecule has 140 valence electrons. The molecule has 0 saturated carbocycles. The average Bonchev–Trinajstić information content (AvgIpc) is 2.79. The third kappa shape index (κ3) is 4.72. The molecular weight excluding hydrogens is 352 g/mol. The number of carbonyl (C=O) groups excluding carboxylic acids is 1. The maximum atomic E-state index is 11.8. The Hall–Kier alpha value is -1.62. The van der Waals surface area contributed by atoms with E-state index in [1.165, 1.54) is 6.20 Å². The van der Waals surface area contributed by atoms with Crippen LogP contribution < -0.4 is 11.2 Å². The Bertz CT molecular complexity index is 724. The summed E-state index contributed by atoms with van der Waals surface area (Å²) in [5.74, 6) is -0.412. The molecule has 0 aromatic carbocycles. The van der Waals surface area contributed by atoms with Crippen LogP contribution in [0.3, 0.4) is 0 Å². The summed E-state index contributed by atoms with van der Waals surface area (Å²) in [4.78, 5) is 36.7. The predicted octanol–water partition coefficient (Wildman–Crippen LogP) is -0.564. The Morgan fingerprint density at radius 3 is 2.60 bits per heavy atom. The summed E-state index contributed by atoms with van der Waals surface area (Å²) < 4.78 is 11.4. The van der Waals surface area contributed by atoms with E-state index in [1.54, 1.807) is 20.8 Å². The Morgan fingerprint density at radius 1 is 1.32 bits per heavy atom. The first-order valence-corrected chi connectivity index (χ1v) is 8.63. The lowest BCUT2D eigenvalue weighted by molar-refractivity contribution is -0.166. The first-order chi connectivity index (χ1) is 11.6. The summed E-state index contributed by atoms with van der Waals surface area (Å²) in [7, 11) is 0. The lowest BCUT2D eigenvalue weighted by Gasteiger charge is -2.18. The molecule has 3 N–H and O–H groups in total. The Balaban J connectivity index is 1.92. The van der Waals surface area contributed by atoms with E-state index in [2.05, 4.69) is 4.98 Å². The molecule has 1 aliphatic heterocycles. The standard InChI is InChI=1S/C15H22N2O7S/c1-15(2,3)13(21)24-7-23-6-8-10(19)11(20)12(25-8)17-5-4-9(18)16-14(17)22/h4-5,8,10-12,19-20H,6-7H2,1-3H3,(H,16,18,22)/t8-,10?,11?,12-/m1/s1. The largest absolute Gasteiger partial charge is 0.438 e. The summed E-state index contributed by atoms with van der Waals surface area (Å²) >= 11 is 1.14. The van der Waals surface area contributed by atoms with Gasteiger partial charge in [-0.2, -0.15) is 0 Å². The van der Waals surface area contributed by atoms with Crippen molar-refractivity contribution in [2.75, 3.05) is 13.4 Å². The van der Waals surface area contributed by atoms with Crippen LogP contribution in [0.1, 0.15) is 26.1 Å². The third-order valence-electron chi connectivity index (χ3n) is 3.63. The number of nitrogens with zero attached hydrogens (tertiary/aromatic N) is 1. The Morgan fingerprint density at radius 2 is 2.00 bits per heavy atom. The highest BCUT2D eigenvalue weighted by Gasteiger charge is 2.43. The van der Waals surface area contributed by atoms with E-state index in [-0.39, 0.29) is 13.4 Å². The van der Waals surface area contributed by atoms with Crippen molar-refractivity contribution in [1.29, 1.82) is 0 Å². The molecule has 1 aromatic heterocycles. The van der Waals surface area contributed by atoms with Crippen LogP contribution in [-0.4, -0.2) is 56.6 Å². The van der Waals surface area contributed by atoms with Crippen LogP contribution in [0.15, 0.2) is 21.9 Å². The smallest absolute Gasteiger partial charge is 0.329 e. The number of H-pyrrole nitrogens is 1. The van der Waals surface area contributed by atoms with E-state index in [9.17, 15) is 24.6 Å². The highest BCUT2D eigenvalue weighted by atomic mass is 32.2. The summed E-state index contributed by atoms with van der Waals surface area (Å²) in [6.45, 7) is 4.91. The normalized spacial score (nSPS) is 26.6. The number of esters is 1. The van der Waals surface area contributed by atoms with Crippen LogP contribution in [-0.2, 0) is 14.3 Å². The number of carbonyl (C=O) groups is 1. The van der Waals surface area contributed by atoms with Crippen LogP contribution in [0.2, 0.25) is 0 Å². The quantitative estimate of drug-likeness (QED) is 0.355. The van der Waals surface area contributed by atoms with Crippen molar-refractivity contribution >= 4 is 17.7 Å². The van der Waals surface area contributed by atoms with Gasteiger partial charge in [-0.1, -0.05) is 0 Å². The molecule has 2 unspecified atom stereocenters. The first-order valence-electron chi connectivity index (χ1n) is 7.69. The zero-order valence-corrected chi connectivity index (χ0v) is 15.0. The number of hydrogen-bond donors (Lipinski definition) is 3. The molecule has 0 spiro atoms. The number of aliphatic hydroxyl groups is 2. The molecule has 0 radical (unpaired) electrons. The van der Waals surface area contributed by atoms with E-state index < -0.39 is 45.5 Å². The van der Waals surface area contributed by atoms with E-state index >= 15 is 0 Å². The summed E-state index contributed by atoms with van der Waals surface area (Å²) in [5, 5.41) is 19.0. The summed E-state index contributed by atoms with van der Waals surface area (Å²) in [6, 6.07) is 1.16. The fourth-order valence-corrected chi connectivity index (χ4v) is 3.67. The summed E-state index contributed by atoms with van der Waals surface area (Å²) in [6.07, 6.45) is -1.07. The molecule has 10 heteroatoms. The monoisotopic (exact) mass is 374 g/mol. The van der Waals surface area contributed by atoms with Crippen molar-refractivity contribution < 1.29 is 24.5 Å². The van der Waals surface area contributed by atoms with Crippen molar-refractivity contribution in [2.45, 2.75) is 43.6 Å². The minimum Gasteiger partial charge on any atom is -0.438 e. The van der Waals surface area contributed by atoms with E-state index in [4.69, 9.17) is 9.47 Å². The number of thioether (sulfide) groups is 1. The second-order valence-electron chi connectivity index (χ2n) is 6.73. The molecule has 2 heterocycles. The number of aromatic amines is 1. The van der Waals surface area contributed by atoms with Gasteiger partial charge in [0.25, 0.3) is 5.56 Å². The molecule has 0 aliphatic carbocycles. The molecule has 1 aromatic rings. The van der Waals surface area contributed by atoms with Crippen LogP contribution in [0.4, 0.5) is 0 Å². The van der Waals surface area contributed by atoms with Crippen molar-refractivity contribution in [3.63, 3.8) is 0 Å². The molecule has 9 nitrogen and oxygen atoms in total. The fourth-order valence-electron chi connectivity index (χ4n) is 2.20. The zero-order chi connectivity index (χ0) is 18.8. The van der Waals surface area contributed by atoms with Crippen LogP contribution in [0.25, 0.3) is 0 Å². The lowest BCUT2D eigenvalue weighted by Crippen LogP contribution is -2.37. The number of nitrogens with one attached hydrogen (secondary N) is 1. The molecule has 25 heavy (non-hydrogen) atoms. The molecule has 2 rings (SSSR count). The Kier molecular flexibility index (Phi) is 6.09. The Labute approximate surface area is 148 Å². The maximum Gasteiger partial charge on any atom is 0.329 e. The second-order valence-corrected chi connectivity index (χ2v) is 8.09. The van der Waals surface area contributed by atoms with Gasteiger partial charge in [-0.25, -0.2) is 4.79 Å². The second kappa shape index (κ2) is 7.73.